The number of carbonyl (C=O) groups excluding carboxylic acids is 1. The first kappa shape index (κ1) is 11.0. The van der Waals surface area contributed by atoms with Crippen molar-refractivity contribution in [2.24, 2.45) is 0 Å². The Bertz CT molecular complexity index is 331. The molecular weight excluding hydrogens is 206 g/mol. The Morgan fingerprint density at radius 3 is 2.88 bits per heavy atom. The Balaban J connectivity index is 1.88. The van der Waals surface area contributed by atoms with Crippen LogP contribution in [-0.4, -0.2) is 29.2 Å². The number of aromatic nitrogens is 1. The van der Waals surface area contributed by atoms with Crippen LogP contribution in [0.4, 0.5) is 10.7 Å². The van der Waals surface area contributed by atoms with E-state index < -0.39 is 0 Å². The lowest BCUT2D eigenvalue weighted by Crippen LogP contribution is -2.40. The van der Waals surface area contributed by atoms with E-state index >= 15 is 0 Å². The number of rotatable bonds is 2. The number of hydrogen-bond acceptors (Lipinski definition) is 3. The quantitative estimate of drug-likeness (QED) is 0.837. The predicted molar refractivity (Wildman–Crippen MR) is 60.2 cm³/mol. The van der Waals surface area contributed by atoms with Crippen LogP contribution in [0.15, 0.2) is 16.8 Å². The van der Waals surface area contributed by atoms with Gasteiger partial charge in [0.1, 0.15) is 0 Å². The van der Waals surface area contributed by atoms with Gasteiger partial charge in [0, 0.05) is 19.2 Å². The molecule has 0 bridgehead atoms. The van der Waals surface area contributed by atoms with Crippen LogP contribution in [-0.2, 0) is 0 Å². The molecule has 0 radical (unpaired) electrons. The van der Waals surface area contributed by atoms with E-state index in [0.717, 1.165) is 12.8 Å². The molecule has 0 saturated heterocycles. The number of hydrogen-bond donors (Lipinski definition) is 1. The van der Waals surface area contributed by atoms with Gasteiger partial charge < -0.3 is 9.42 Å². The summed E-state index contributed by atoms with van der Waals surface area (Å²) in [4.78, 5) is 13.6. The van der Waals surface area contributed by atoms with Gasteiger partial charge in [-0.1, -0.05) is 24.4 Å². The van der Waals surface area contributed by atoms with Crippen LogP contribution in [0.5, 0.6) is 0 Å². The highest BCUT2D eigenvalue weighted by atomic mass is 16.5. The molecule has 88 valence electrons. The first-order valence-corrected chi connectivity index (χ1v) is 5.72. The molecule has 1 aromatic heterocycles. The molecule has 0 aromatic carbocycles. The standard InChI is InChI=1S/C11H17N3O2/c1-14(9-5-3-2-4-6-9)11(15)13-10-7-8-12-16-10/h7-9H,2-6H2,1H3,(H,13,15). The number of nitrogens with one attached hydrogen (secondary N) is 1. The van der Waals surface area contributed by atoms with Gasteiger partial charge in [0.25, 0.3) is 0 Å². The maximum Gasteiger partial charge on any atom is 0.324 e. The average Bonchev–Trinajstić information content (AvgIpc) is 2.82. The summed E-state index contributed by atoms with van der Waals surface area (Å²) in [6, 6.07) is 1.87. The summed E-state index contributed by atoms with van der Waals surface area (Å²) in [6.45, 7) is 0. The maximum atomic E-state index is 11.8. The Labute approximate surface area is 94.8 Å². The van der Waals surface area contributed by atoms with Gasteiger partial charge in [0.2, 0.25) is 5.88 Å². The van der Waals surface area contributed by atoms with Gasteiger partial charge in [-0.25, -0.2) is 4.79 Å². The lowest BCUT2D eigenvalue weighted by Gasteiger charge is -2.30. The Morgan fingerprint density at radius 1 is 1.50 bits per heavy atom. The molecular formula is C11H17N3O2. The Kier molecular flexibility index (Phi) is 3.44. The van der Waals surface area contributed by atoms with E-state index in [1.165, 1.54) is 25.5 Å². The summed E-state index contributed by atoms with van der Waals surface area (Å²) in [7, 11) is 1.84. The molecule has 1 aliphatic carbocycles. The van der Waals surface area contributed by atoms with E-state index in [1.54, 1.807) is 11.0 Å². The van der Waals surface area contributed by atoms with Crippen molar-refractivity contribution in [2.75, 3.05) is 12.4 Å². The molecule has 5 heteroatoms. The second-order valence-corrected chi connectivity index (χ2v) is 4.21. The topological polar surface area (TPSA) is 58.4 Å². The summed E-state index contributed by atoms with van der Waals surface area (Å²) in [5.74, 6) is 0.396. The third-order valence-corrected chi connectivity index (χ3v) is 3.11. The minimum atomic E-state index is -0.122. The van der Waals surface area contributed by atoms with E-state index in [9.17, 15) is 4.79 Å². The van der Waals surface area contributed by atoms with Crippen molar-refractivity contribution in [3.05, 3.63) is 12.3 Å². The lowest BCUT2D eigenvalue weighted by molar-refractivity contribution is 0.185. The number of carbonyl (C=O) groups is 1. The summed E-state index contributed by atoms with van der Waals surface area (Å²) in [5.41, 5.74) is 0. The fraction of sp³-hybridized carbons (Fsp3) is 0.636. The second-order valence-electron chi connectivity index (χ2n) is 4.21. The molecule has 2 rings (SSSR count). The molecule has 0 aliphatic heterocycles. The first-order chi connectivity index (χ1) is 7.77. The van der Waals surface area contributed by atoms with Gasteiger partial charge in [0.05, 0.1) is 6.20 Å². The molecule has 1 aliphatic rings. The van der Waals surface area contributed by atoms with E-state index in [0.29, 0.717) is 11.9 Å². The van der Waals surface area contributed by atoms with Gasteiger partial charge >= 0.3 is 6.03 Å². The third-order valence-electron chi connectivity index (χ3n) is 3.11. The van der Waals surface area contributed by atoms with Gasteiger partial charge in [0.15, 0.2) is 0 Å². The smallest absolute Gasteiger partial charge is 0.324 e. The molecule has 1 heterocycles. The van der Waals surface area contributed by atoms with Crippen LogP contribution in [0, 0.1) is 0 Å². The van der Waals surface area contributed by atoms with Crippen LogP contribution < -0.4 is 5.32 Å². The molecule has 1 saturated carbocycles. The van der Waals surface area contributed by atoms with Crippen LogP contribution in [0.1, 0.15) is 32.1 Å². The molecule has 1 fully saturated rings. The van der Waals surface area contributed by atoms with Crippen molar-refractivity contribution in [1.29, 1.82) is 0 Å². The van der Waals surface area contributed by atoms with Crippen LogP contribution in [0.25, 0.3) is 0 Å². The highest BCUT2D eigenvalue weighted by molar-refractivity contribution is 5.87. The fourth-order valence-corrected chi connectivity index (χ4v) is 2.11. The first-order valence-electron chi connectivity index (χ1n) is 5.72. The number of amides is 2. The highest BCUT2D eigenvalue weighted by Gasteiger charge is 2.22. The normalized spacial score (nSPS) is 17.1. The zero-order chi connectivity index (χ0) is 11.4. The minimum Gasteiger partial charge on any atom is -0.338 e. The van der Waals surface area contributed by atoms with Crippen molar-refractivity contribution < 1.29 is 9.32 Å². The van der Waals surface area contributed by atoms with Gasteiger partial charge in [-0.2, -0.15) is 0 Å². The monoisotopic (exact) mass is 223 g/mol. The van der Waals surface area contributed by atoms with E-state index in [4.69, 9.17) is 4.52 Å². The van der Waals surface area contributed by atoms with Crippen LogP contribution in [0.3, 0.4) is 0 Å². The van der Waals surface area contributed by atoms with Crippen LogP contribution in [0.2, 0.25) is 0 Å². The summed E-state index contributed by atoms with van der Waals surface area (Å²) in [5, 5.41) is 6.22. The number of anilines is 1. The number of urea groups is 1. The average molecular weight is 223 g/mol. The Hall–Kier alpha value is -1.52. The van der Waals surface area contributed by atoms with Gasteiger partial charge in [-0.05, 0) is 12.8 Å². The summed E-state index contributed by atoms with van der Waals surface area (Å²) >= 11 is 0. The molecule has 0 atom stereocenters. The molecule has 1 aromatic rings. The predicted octanol–water partition coefficient (Wildman–Crippen LogP) is 2.47. The fourth-order valence-electron chi connectivity index (χ4n) is 2.11. The molecule has 0 unspecified atom stereocenters. The zero-order valence-electron chi connectivity index (χ0n) is 9.48. The van der Waals surface area contributed by atoms with Gasteiger partial charge in [-0.15, -0.1) is 0 Å². The maximum absolute atomic E-state index is 11.8. The van der Waals surface area contributed by atoms with Crippen molar-refractivity contribution in [3.63, 3.8) is 0 Å². The number of nitrogens with zero attached hydrogens (tertiary/aromatic N) is 2. The summed E-state index contributed by atoms with van der Waals surface area (Å²) < 4.78 is 4.83. The summed E-state index contributed by atoms with van der Waals surface area (Å²) in [6.07, 6.45) is 7.42. The highest BCUT2D eigenvalue weighted by Crippen LogP contribution is 2.22. The SMILES string of the molecule is CN(C(=O)Nc1ccno1)C1CCCCC1. The molecule has 0 spiro atoms. The van der Waals surface area contributed by atoms with Crippen molar-refractivity contribution in [3.8, 4) is 0 Å². The zero-order valence-corrected chi connectivity index (χ0v) is 9.48. The van der Waals surface area contributed by atoms with E-state index in [-0.39, 0.29) is 6.03 Å². The third kappa shape index (κ3) is 2.53. The largest absolute Gasteiger partial charge is 0.338 e. The van der Waals surface area contributed by atoms with Crippen molar-refractivity contribution in [1.82, 2.24) is 10.1 Å². The van der Waals surface area contributed by atoms with Gasteiger partial charge in [-0.3, -0.25) is 5.32 Å². The molecule has 16 heavy (non-hydrogen) atoms. The minimum absolute atomic E-state index is 0.122. The lowest BCUT2D eigenvalue weighted by atomic mass is 9.95. The Morgan fingerprint density at radius 2 is 2.25 bits per heavy atom. The van der Waals surface area contributed by atoms with E-state index in [1.807, 2.05) is 7.05 Å². The molecule has 2 amide bonds. The van der Waals surface area contributed by atoms with Crippen LogP contribution >= 0.6 is 0 Å². The van der Waals surface area contributed by atoms with Crippen molar-refractivity contribution >= 4 is 11.9 Å². The second kappa shape index (κ2) is 5.01. The van der Waals surface area contributed by atoms with E-state index in [2.05, 4.69) is 10.5 Å². The molecule has 1 N–H and O–H groups in total. The van der Waals surface area contributed by atoms with Crippen molar-refractivity contribution in [2.45, 2.75) is 38.1 Å². The molecule has 5 nitrogen and oxygen atoms in total.